The third-order valence-electron chi connectivity index (χ3n) is 2.71. The quantitative estimate of drug-likeness (QED) is 0.774. The third kappa shape index (κ3) is 3.87. The SMILES string of the molecule is COC(=O)c1ccoc1S(=O)(=O)NC(=O)Nc1nc(C)cc(C)n1. The molecule has 0 aliphatic heterocycles. The number of carbonyl (C=O) groups is 2. The number of methoxy groups -OCH3 is 1. The third-order valence-corrected chi connectivity index (χ3v) is 3.97. The Bertz CT molecular complexity index is 869. The molecule has 0 unspecified atom stereocenters. The Labute approximate surface area is 137 Å². The van der Waals surface area contributed by atoms with Gasteiger partial charge in [-0.05, 0) is 26.0 Å². The number of nitrogens with one attached hydrogen (secondary N) is 2. The van der Waals surface area contributed by atoms with Gasteiger partial charge in [-0.2, -0.15) is 8.42 Å². The summed E-state index contributed by atoms with van der Waals surface area (Å²) in [5, 5.41) is 1.46. The van der Waals surface area contributed by atoms with Crippen molar-refractivity contribution in [3.05, 3.63) is 35.3 Å². The Morgan fingerprint density at radius 2 is 1.83 bits per heavy atom. The number of ether oxygens (including phenoxy) is 1. The van der Waals surface area contributed by atoms with E-state index in [4.69, 9.17) is 4.42 Å². The number of nitrogens with zero attached hydrogens (tertiary/aromatic N) is 2. The molecule has 2 aromatic rings. The first kappa shape index (κ1) is 17.4. The van der Waals surface area contributed by atoms with Crippen LogP contribution in [0.5, 0.6) is 0 Å². The van der Waals surface area contributed by atoms with Gasteiger partial charge in [0.2, 0.25) is 5.95 Å². The Morgan fingerprint density at radius 1 is 1.21 bits per heavy atom. The molecule has 0 bridgehead atoms. The fourth-order valence-corrected chi connectivity index (χ4v) is 2.85. The van der Waals surface area contributed by atoms with Crippen molar-refractivity contribution < 1.29 is 27.2 Å². The molecular formula is C13H14N4O6S. The summed E-state index contributed by atoms with van der Waals surface area (Å²) in [7, 11) is -3.34. The largest absolute Gasteiger partial charge is 0.465 e. The second-order valence-electron chi connectivity index (χ2n) is 4.65. The summed E-state index contributed by atoms with van der Waals surface area (Å²) in [5.41, 5.74) is 0.861. The molecule has 0 aliphatic carbocycles. The molecule has 0 atom stereocenters. The van der Waals surface area contributed by atoms with E-state index in [1.165, 1.54) is 0 Å². The zero-order valence-electron chi connectivity index (χ0n) is 13.0. The standard InChI is InChI=1S/C13H14N4O6S/c1-7-6-8(2)15-12(14-7)16-13(19)17-24(20,21)11-9(4-5-23-11)10(18)22-3/h4-6H,1-3H3,(H2,14,15,16,17,19). The number of aryl methyl sites for hydroxylation is 2. The summed E-state index contributed by atoms with van der Waals surface area (Å²) in [6.07, 6.45) is 0.992. The normalized spacial score (nSPS) is 11.0. The van der Waals surface area contributed by atoms with Gasteiger partial charge >= 0.3 is 12.0 Å². The van der Waals surface area contributed by atoms with Crippen LogP contribution in [0.15, 0.2) is 27.9 Å². The lowest BCUT2D eigenvalue weighted by Crippen LogP contribution is -2.35. The zero-order chi connectivity index (χ0) is 17.9. The highest BCUT2D eigenvalue weighted by Crippen LogP contribution is 2.17. The van der Waals surface area contributed by atoms with Crippen LogP contribution >= 0.6 is 0 Å². The van der Waals surface area contributed by atoms with Crippen LogP contribution in [-0.4, -0.2) is 37.5 Å². The minimum Gasteiger partial charge on any atom is -0.465 e. The van der Waals surface area contributed by atoms with E-state index in [1.807, 2.05) is 0 Å². The summed E-state index contributed by atoms with van der Waals surface area (Å²) in [4.78, 5) is 31.3. The average Bonchev–Trinajstić information content (AvgIpc) is 2.94. The van der Waals surface area contributed by atoms with E-state index in [1.54, 1.807) is 24.6 Å². The lowest BCUT2D eigenvalue weighted by atomic mass is 10.3. The first-order chi connectivity index (χ1) is 11.2. The number of hydrogen-bond acceptors (Lipinski definition) is 8. The van der Waals surface area contributed by atoms with Crippen LogP contribution in [0.3, 0.4) is 0 Å². The second-order valence-corrected chi connectivity index (χ2v) is 6.23. The molecule has 2 aromatic heterocycles. The Balaban J connectivity index is 2.19. The van der Waals surface area contributed by atoms with E-state index >= 15 is 0 Å². The summed E-state index contributed by atoms with van der Waals surface area (Å²) in [5.74, 6) is -0.977. The maximum Gasteiger partial charge on any atom is 0.342 e. The van der Waals surface area contributed by atoms with Gasteiger partial charge in [-0.1, -0.05) is 0 Å². The fraction of sp³-hybridized carbons (Fsp3) is 0.231. The lowest BCUT2D eigenvalue weighted by Gasteiger charge is -2.08. The topological polar surface area (TPSA) is 140 Å². The molecule has 0 saturated heterocycles. The van der Waals surface area contributed by atoms with Crippen LogP contribution in [0.2, 0.25) is 0 Å². The molecule has 128 valence electrons. The first-order valence-electron chi connectivity index (χ1n) is 6.55. The fourth-order valence-electron chi connectivity index (χ4n) is 1.84. The van der Waals surface area contributed by atoms with Gasteiger partial charge in [0.25, 0.3) is 15.1 Å². The maximum atomic E-state index is 12.2. The van der Waals surface area contributed by atoms with Gasteiger partial charge in [-0.15, -0.1) is 0 Å². The van der Waals surface area contributed by atoms with Crippen LogP contribution in [0.25, 0.3) is 0 Å². The van der Waals surface area contributed by atoms with Crippen molar-refractivity contribution in [2.75, 3.05) is 12.4 Å². The molecule has 10 nitrogen and oxygen atoms in total. The van der Waals surface area contributed by atoms with Crippen LogP contribution < -0.4 is 10.0 Å². The Morgan fingerprint density at radius 3 is 2.42 bits per heavy atom. The van der Waals surface area contributed by atoms with Crippen LogP contribution in [0.4, 0.5) is 10.7 Å². The summed E-state index contributed by atoms with van der Waals surface area (Å²) < 4.78 is 35.2. The lowest BCUT2D eigenvalue weighted by molar-refractivity contribution is 0.0593. The molecule has 0 radical (unpaired) electrons. The van der Waals surface area contributed by atoms with Crippen LogP contribution in [-0.2, 0) is 14.8 Å². The molecule has 24 heavy (non-hydrogen) atoms. The summed E-state index contributed by atoms with van der Waals surface area (Å²) in [6, 6.07) is 1.70. The summed E-state index contributed by atoms with van der Waals surface area (Å²) in [6.45, 7) is 3.39. The van der Waals surface area contributed by atoms with Gasteiger partial charge in [0.05, 0.1) is 13.4 Å². The highest BCUT2D eigenvalue weighted by atomic mass is 32.2. The molecule has 2 N–H and O–H groups in total. The maximum absolute atomic E-state index is 12.2. The van der Waals surface area contributed by atoms with Crippen molar-refractivity contribution in [1.29, 1.82) is 0 Å². The molecule has 0 spiro atoms. The van der Waals surface area contributed by atoms with Gasteiger partial charge in [-0.25, -0.2) is 24.3 Å². The van der Waals surface area contributed by atoms with Gasteiger partial charge in [0, 0.05) is 11.4 Å². The van der Waals surface area contributed by atoms with Crippen molar-refractivity contribution in [3.63, 3.8) is 0 Å². The van der Waals surface area contributed by atoms with E-state index < -0.39 is 27.1 Å². The number of amides is 2. The highest BCUT2D eigenvalue weighted by Gasteiger charge is 2.29. The van der Waals surface area contributed by atoms with Crippen molar-refractivity contribution in [2.24, 2.45) is 0 Å². The Kier molecular flexibility index (Phi) is 4.83. The molecule has 0 aliphatic rings. The van der Waals surface area contributed by atoms with E-state index in [2.05, 4.69) is 20.0 Å². The van der Waals surface area contributed by atoms with E-state index in [0.717, 1.165) is 19.4 Å². The molecule has 0 aromatic carbocycles. The minimum absolute atomic E-state index is 0.0622. The molecule has 2 heterocycles. The molecule has 11 heteroatoms. The molecule has 0 saturated carbocycles. The number of urea groups is 1. The predicted molar refractivity (Wildman–Crippen MR) is 80.9 cm³/mol. The number of esters is 1. The number of hydrogen-bond donors (Lipinski definition) is 2. The summed E-state index contributed by atoms with van der Waals surface area (Å²) >= 11 is 0. The van der Waals surface area contributed by atoms with Crippen LogP contribution in [0, 0.1) is 13.8 Å². The number of aromatic nitrogens is 2. The van der Waals surface area contributed by atoms with Crippen molar-refractivity contribution in [3.8, 4) is 0 Å². The average molecular weight is 354 g/mol. The number of sulfonamides is 1. The number of anilines is 1. The molecular weight excluding hydrogens is 340 g/mol. The van der Waals surface area contributed by atoms with Crippen LogP contribution in [0.1, 0.15) is 21.7 Å². The van der Waals surface area contributed by atoms with Gasteiger partial charge in [0.15, 0.2) is 0 Å². The molecule has 0 fully saturated rings. The van der Waals surface area contributed by atoms with Crippen molar-refractivity contribution in [2.45, 2.75) is 18.9 Å². The van der Waals surface area contributed by atoms with Crippen molar-refractivity contribution in [1.82, 2.24) is 14.7 Å². The Hall–Kier alpha value is -2.95. The van der Waals surface area contributed by atoms with E-state index in [-0.39, 0.29) is 11.5 Å². The van der Waals surface area contributed by atoms with Crippen molar-refractivity contribution >= 4 is 28.0 Å². The highest BCUT2D eigenvalue weighted by molar-refractivity contribution is 7.90. The van der Waals surface area contributed by atoms with E-state index in [0.29, 0.717) is 11.4 Å². The minimum atomic E-state index is -4.43. The number of furan rings is 1. The molecule has 2 amide bonds. The zero-order valence-corrected chi connectivity index (χ0v) is 13.8. The van der Waals surface area contributed by atoms with Gasteiger partial charge in [0.1, 0.15) is 5.56 Å². The first-order valence-corrected chi connectivity index (χ1v) is 8.03. The number of rotatable bonds is 4. The smallest absolute Gasteiger partial charge is 0.342 e. The van der Waals surface area contributed by atoms with Gasteiger partial charge < -0.3 is 9.15 Å². The monoisotopic (exact) mass is 354 g/mol. The molecule has 2 rings (SSSR count). The van der Waals surface area contributed by atoms with E-state index in [9.17, 15) is 18.0 Å². The predicted octanol–water partition coefficient (Wildman–Crippen LogP) is 0.983. The number of carbonyl (C=O) groups excluding carboxylic acids is 2. The van der Waals surface area contributed by atoms with Gasteiger partial charge in [-0.3, -0.25) is 5.32 Å². The second kappa shape index (κ2) is 6.66.